The molecule has 0 aliphatic heterocycles. The number of aromatic carboxylic acids is 1. The van der Waals surface area contributed by atoms with Crippen molar-refractivity contribution in [3.63, 3.8) is 0 Å². The predicted molar refractivity (Wildman–Crippen MR) is 93.1 cm³/mol. The molecule has 0 aliphatic carbocycles. The zero-order valence-electron chi connectivity index (χ0n) is 15.0. The number of carboxylic acids is 1. The number of rotatable bonds is 9. The van der Waals surface area contributed by atoms with Crippen LogP contribution in [-0.2, 0) is 9.78 Å². The molecule has 1 radical (unpaired) electrons. The quantitative estimate of drug-likeness (QED) is 0.254. The third-order valence-corrected chi connectivity index (χ3v) is 7.31. The molecule has 0 amide bonds. The fraction of sp³-hybridized carbons (Fsp3) is 0.556. The van der Waals surface area contributed by atoms with Gasteiger partial charge >= 0.3 is 75.5 Å². The summed E-state index contributed by atoms with van der Waals surface area (Å²) >= 11 is 0.149. The second-order valence-corrected chi connectivity index (χ2v) is 9.56. The third kappa shape index (κ3) is 9.27. The second-order valence-electron chi connectivity index (χ2n) is 5.28. The van der Waals surface area contributed by atoms with E-state index in [-0.39, 0.29) is 32.3 Å². The van der Waals surface area contributed by atoms with Gasteiger partial charge in [-0.05, 0) is 18.6 Å². The van der Waals surface area contributed by atoms with Gasteiger partial charge in [-0.15, -0.1) is 0 Å². The SMILES string of the molecule is CCC[CH2][Sn+][CH2]CCC.COOC(=O)c1cccc(C)c1C(=O)[O-]. The molecule has 1 aromatic rings. The maximum Gasteiger partial charge on any atom is 0.373 e. The number of carboxylic acid groups (broad SMARTS) is 1. The number of unbranched alkanes of at least 4 members (excludes halogenated alkanes) is 2. The molecule has 0 unspecified atom stereocenters. The first-order valence-electron chi connectivity index (χ1n) is 8.26. The van der Waals surface area contributed by atoms with E-state index in [0.29, 0.717) is 5.56 Å². The Morgan fingerprint density at radius 3 is 2.17 bits per heavy atom. The maximum atomic E-state index is 11.3. The van der Waals surface area contributed by atoms with E-state index in [2.05, 4.69) is 23.6 Å². The van der Waals surface area contributed by atoms with Gasteiger partial charge in [0.25, 0.3) is 0 Å². The van der Waals surface area contributed by atoms with Crippen molar-refractivity contribution in [3.05, 3.63) is 34.9 Å². The minimum absolute atomic E-state index is 0.0862. The van der Waals surface area contributed by atoms with E-state index in [9.17, 15) is 14.7 Å². The molecule has 6 heteroatoms. The van der Waals surface area contributed by atoms with Crippen molar-refractivity contribution in [1.82, 2.24) is 0 Å². The standard InChI is InChI=1S/C10H10O5.2C4H9.Sn/c1-6-4-3-5-7(8(6)9(11)12)10(13)15-14-2;2*1-3-4-2;/h3-5H,1-2H3,(H,11,12);2*1,3-4H2,2H3;/q;;;+1/p-1. The molecule has 0 spiro atoms. The Hall–Kier alpha value is -1.08. The Morgan fingerprint density at radius 1 is 1.12 bits per heavy atom. The van der Waals surface area contributed by atoms with Crippen molar-refractivity contribution < 1.29 is 24.5 Å². The number of hydrogen-bond acceptors (Lipinski definition) is 5. The van der Waals surface area contributed by atoms with Crippen LogP contribution in [0.1, 0.15) is 65.8 Å². The molecule has 0 fully saturated rings. The molecule has 0 atom stereocenters. The first-order valence-corrected chi connectivity index (χ1v) is 12.3. The molecule has 1 rings (SSSR count). The summed E-state index contributed by atoms with van der Waals surface area (Å²) in [5.74, 6) is -2.28. The minimum Gasteiger partial charge on any atom is -0.545 e. The summed E-state index contributed by atoms with van der Waals surface area (Å²) in [6, 6.07) is 4.45. The predicted octanol–water partition coefficient (Wildman–Crippen LogP) is 3.20. The van der Waals surface area contributed by atoms with Gasteiger partial charge in [0, 0.05) is 5.56 Å². The number of carbonyl (C=O) groups is 2. The molecule has 1 aromatic carbocycles. The van der Waals surface area contributed by atoms with Gasteiger partial charge < -0.3 is 9.90 Å². The van der Waals surface area contributed by atoms with Gasteiger partial charge in [-0.3, -0.25) is 4.89 Å². The van der Waals surface area contributed by atoms with Crippen LogP contribution in [0.15, 0.2) is 18.2 Å². The molecule has 0 aliphatic rings. The summed E-state index contributed by atoms with van der Waals surface area (Å²) in [6.45, 7) is 6.15. The van der Waals surface area contributed by atoms with E-state index in [1.54, 1.807) is 27.9 Å². The summed E-state index contributed by atoms with van der Waals surface area (Å²) in [4.78, 5) is 30.5. The zero-order valence-corrected chi connectivity index (χ0v) is 17.9. The van der Waals surface area contributed by atoms with Crippen molar-refractivity contribution in [1.29, 1.82) is 0 Å². The van der Waals surface area contributed by atoms with E-state index < -0.39 is 11.9 Å². The zero-order chi connectivity index (χ0) is 18.4. The Labute approximate surface area is 154 Å². The topological polar surface area (TPSA) is 75.7 Å². The summed E-state index contributed by atoms with van der Waals surface area (Å²) in [6.07, 6.45) is 5.84. The molecule has 133 valence electrons. The van der Waals surface area contributed by atoms with E-state index in [4.69, 9.17) is 0 Å². The largest absolute Gasteiger partial charge is 0.545 e. The molecule has 0 heterocycles. The van der Waals surface area contributed by atoms with Crippen LogP contribution >= 0.6 is 0 Å². The fourth-order valence-corrected chi connectivity index (χ4v) is 6.12. The number of carbonyl (C=O) groups excluding carboxylic acids is 2. The van der Waals surface area contributed by atoms with Gasteiger partial charge in [-0.25, -0.2) is 4.79 Å². The summed E-state index contributed by atoms with van der Waals surface area (Å²) < 4.78 is 3.25. The van der Waals surface area contributed by atoms with Gasteiger partial charge in [0.2, 0.25) is 0 Å². The Morgan fingerprint density at radius 2 is 1.71 bits per heavy atom. The average molecular weight is 442 g/mol. The van der Waals surface area contributed by atoms with Gasteiger partial charge in [-0.2, -0.15) is 4.89 Å². The molecular weight excluding hydrogens is 415 g/mol. The van der Waals surface area contributed by atoms with Crippen LogP contribution in [0.5, 0.6) is 0 Å². The molecule has 0 N–H and O–H groups in total. The Kier molecular flexibility index (Phi) is 13.6. The Balaban J connectivity index is 0.000000506. The molecule has 5 nitrogen and oxygen atoms in total. The maximum absolute atomic E-state index is 11.3. The number of hydrogen-bond donors (Lipinski definition) is 0. The molecule has 0 aromatic heterocycles. The van der Waals surface area contributed by atoms with E-state index in [0.717, 1.165) is 7.11 Å². The van der Waals surface area contributed by atoms with Crippen molar-refractivity contribution in [3.8, 4) is 0 Å². The molecule has 0 bridgehead atoms. The first-order chi connectivity index (χ1) is 11.5. The van der Waals surface area contributed by atoms with Crippen molar-refractivity contribution in [2.45, 2.75) is 55.3 Å². The normalized spacial score (nSPS) is 9.67. The van der Waals surface area contributed by atoms with Gasteiger partial charge in [0.05, 0.1) is 18.6 Å². The second kappa shape index (κ2) is 14.3. The van der Waals surface area contributed by atoms with Gasteiger partial charge in [0.1, 0.15) is 0 Å². The summed E-state index contributed by atoms with van der Waals surface area (Å²) in [5, 5.41) is 10.8. The fourth-order valence-electron chi connectivity index (χ4n) is 1.96. The molecule has 24 heavy (non-hydrogen) atoms. The number of benzene rings is 1. The van der Waals surface area contributed by atoms with Crippen LogP contribution in [0.25, 0.3) is 0 Å². The van der Waals surface area contributed by atoms with Crippen molar-refractivity contribution in [2.75, 3.05) is 7.11 Å². The van der Waals surface area contributed by atoms with Gasteiger partial charge in [-0.1, -0.05) is 12.1 Å². The van der Waals surface area contributed by atoms with Crippen LogP contribution in [0.2, 0.25) is 8.87 Å². The van der Waals surface area contributed by atoms with E-state index >= 15 is 0 Å². The third-order valence-electron chi connectivity index (χ3n) is 3.27. The molecule has 0 saturated carbocycles. The van der Waals surface area contributed by atoms with Crippen LogP contribution in [0, 0.1) is 6.92 Å². The van der Waals surface area contributed by atoms with Crippen molar-refractivity contribution >= 4 is 33.1 Å². The van der Waals surface area contributed by atoms with Crippen LogP contribution in [-0.4, -0.2) is 40.2 Å². The number of aryl methyl sites for hydroxylation is 1. The monoisotopic (exact) mass is 443 g/mol. The minimum atomic E-state index is -1.42. The summed E-state index contributed by atoms with van der Waals surface area (Å²) in [7, 11) is 1.16. The average Bonchev–Trinajstić information content (AvgIpc) is 2.55. The first kappa shape index (κ1) is 22.9. The summed E-state index contributed by atoms with van der Waals surface area (Å²) in [5.41, 5.74) is 0.164. The van der Waals surface area contributed by atoms with E-state index in [1.165, 1.54) is 31.7 Å². The van der Waals surface area contributed by atoms with Gasteiger partial charge in [0.15, 0.2) is 0 Å². The van der Waals surface area contributed by atoms with Crippen LogP contribution < -0.4 is 5.11 Å². The Bertz CT molecular complexity index is 496. The van der Waals surface area contributed by atoms with Crippen molar-refractivity contribution in [2.24, 2.45) is 0 Å². The van der Waals surface area contributed by atoms with Crippen LogP contribution in [0.3, 0.4) is 0 Å². The molecular formula is C18H27O5Sn. The van der Waals surface area contributed by atoms with E-state index in [1.807, 2.05) is 0 Å². The van der Waals surface area contributed by atoms with Crippen LogP contribution in [0.4, 0.5) is 0 Å². The molecule has 0 saturated heterocycles. The smallest absolute Gasteiger partial charge is 0.373 e.